The predicted molar refractivity (Wildman–Crippen MR) is 99.2 cm³/mol. The number of nitrogens with zero attached hydrogens (tertiary/aromatic N) is 2. The lowest BCUT2D eigenvalue weighted by Crippen LogP contribution is -2.36. The van der Waals surface area contributed by atoms with Crippen LogP contribution in [0.3, 0.4) is 0 Å². The molecule has 2 N–H and O–H groups in total. The van der Waals surface area contributed by atoms with Crippen molar-refractivity contribution >= 4 is 29.7 Å². The highest BCUT2D eigenvalue weighted by Crippen LogP contribution is 2.15. The van der Waals surface area contributed by atoms with Gasteiger partial charge in [0.25, 0.3) is 5.91 Å². The molecule has 0 aliphatic carbocycles. The average Bonchev–Trinajstić information content (AvgIpc) is 3.03. The Morgan fingerprint density at radius 2 is 1.83 bits per heavy atom. The molecule has 23 heavy (non-hydrogen) atoms. The number of benzene rings is 1. The first kappa shape index (κ1) is 19.6. The smallest absolute Gasteiger partial charge is 0.254 e. The fraction of sp³-hybridized carbons (Fsp3) is 0.353. The van der Waals surface area contributed by atoms with Crippen LogP contribution in [0.2, 0.25) is 0 Å². The van der Waals surface area contributed by atoms with Gasteiger partial charge in [-0.2, -0.15) is 0 Å². The quantitative estimate of drug-likeness (QED) is 0.832. The highest BCUT2D eigenvalue weighted by molar-refractivity contribution is 7.09. The number of hydrogen-bond donors (Lipinski definition) is 1. The zero-order valence-electron chi connectivity index (χ0n) is 13.6. The number of hydrogen-bond acceptors (Lipinski definition) is 4. The first-order valence-electron chi connectivity index (χ1n) is 7.35. The summed E-state index contributed by atoms with van der Waals surface area (Å²) in [5.74, 6) is 0.0684. The molecule has 0 aliphatic rings. The lowest BCUT2D eigenvalue weighted by molar-refractivity contribution is 0.0733. The summed E-state index contributed by atoms with van der Waals surface area (Å²) in [5, 5.41) is 2.04. The van der Waals surface area contributed by atoms with Gasteiger partial charge in [-0.25, -0.2) is 0 Å². The number of halogens is 1. The molecule has 6 heteroatoms. The third kappa shape index (κ3) is 5.95. The Morgan fingerprint density at radius 1 is 1.13 bits per heavy atom. The second-order valence-corrected chi connectivity index (χ2v) is 6.54. The van der Waals surface area contributed by atoms with Crippen LogP contribution in [0, 0.1) is 0 Å². The lowest BCUT2D eigenvalue weighted by atomic mass is 10.1. The molecule has 0 saturated heterocycles. The molecule has 2 aromatic rings. The minimum absolute atomic E-state index is 0. The van der Waals surface area contributed by atoms with Crippen molar-refractivity contribution < 1.29 is 4.79 Å². The normalized spacial score (nSPS) is 10.4. The van der Waals surface area contributed by atoms with Crippen LogP contribution >= 0.6 is 23.7 Å². The van der Waals surface area contributed by atoms with Gasteiger partial charge in [0.1, 0.15) is 0 Å². The summed E-state index contributed by atoms with van der Waals surface area (Å²) in [6.07, 6.45) is 0. The van der Waals surface area contributed by atoms with Gasteiger partial charge in [0.15, 0.2) is 0 Å². The van der Waals surface area contributed by atoms with Crippen molar-refractivity contribution in [1.29, 1.82) is 0 Å². The van der Waals surface area contributed by atoms with Gasteiger partial charge in [0, 0.05) is 30.1 Å². The molecule has 0 fully saturated rings. The van der Waals surface area contributed by atoms with Crippen LogP contribution in [0.5, 0.6) is 0 Å². The van der Waals surface area contributed by atoms with Gasteiger partial charge in [-0.15, -0.1) is 23.7 Å². The molecule has 1 aromatic carbocycles. The number of amides is 1. The predicted octanol–water partition coefficient (Wildman–Crippen LogP) is 2.83. The van der Waals surface area contributed by atoms with Crippen molar-refractivity contribution in [3.8, 4) is 0 Å². The second-order valence-electron chi connectivity index (χ2n) is 5.51. The molecule has 1 heterocycles. The van der Waals surface area contributed by atoms with Gasteiger partial charge >= 0.3 is 0 Å². The molecular weight excluding hydrogens is 330 g/mol. The Morgan fingerprint density at radius 3 is 2.35 bits per heavy atom. The average molecular weight is 354 g/mol. The van der Waals surface area contributed by atoms with Gasteiger partial charge in [-0.05, 0) is 43.2 Å². The van der Waals surface area contributed by atoms with Crippen LogP contribution in [0.4, 0.5) is 0 Å². The number of carbonyl (C=O) groups is 1. The highest BCUT2D eigenvalue weighted by Gasteiger charge is 2.16. The third-order valence-corrected chi connectivity index (χ3v) is 4.33. The maximum absolute atomic E-state index is 12.8. The van der Waals surface area contributed by atoms with Crippen molar-refractivity contribution in [3.63, 3.8) is 0 Å². The summed E-state index contributed by atoms with van der Waals surface area (Å²) >= 11 is 1.68. The molecule has 0 atom stereocenters. The fourth-order valence-corrected chi connectivity index (χ4v) is 2.85. The van der Waals surface area contributed by atoms with Crippen LogP contribution in [0.15, 0.2) is 41.8 Å². The minimum Gasteiger partial charge on any atom is -0.332 e. The summed E-state index contributed by atoms with van der Waals surface area (Å²) in [4.78, 5) is 18.0. The Labute approximate surface area is 148 Å². The van der Waals surface area contributed by atoms with Crippen LogP contribution in [0.1, 0.15) is 20.8 Å². The van der Waals surface area contributed by atoms with Crippen molar-refractivity contribution in [1.82, 2.24) is 9.80 Å². The molecule has 2 rings (SSSR count). The van der Waals surface area contributed by atoms with Crippen LogP contribution in [-0.4, -0.2) is 42.9 Å². The fourth-order valence-electron chi connectivity index (χ4n) is 2.13. The van der Waals surface area contributed by atoms with Crippen molar-refractivity contribution in [2.45, 2.75) is 13.1 Å². The molecule has 1 amide bonds. The number of likely N-dealkylation sites (N-methyl/N-ethyl adjacent to an activating group) is 1. The summed E-state index contributed by atoms with van der Waals surface area (Å²) in [5.41, 5.74) is 7.36. The molecule has 0 spiro atoms. The lowest BCUT2D eigenvalue weighted by Gasteiger charge is -2.24. The molecule has 0 radical (unpaired) electrons. The second kappa shape index (κ2) is 9.67. The molecule has 126 valence electrons. The largest absolute Gasteiger partial charge is 0.332 e. The number of nitrogens with two attached hydrogens (primary N) is 1. The summed E-state index contributed by atoms with van der Waals surface area (Å²) < 4.78 is 0. The zero-order chi connectivity index (χ0) is 15.9. The summed E-state index contributed by atoms with van der Waals surface area (Å²) in [6, 6.07) is 11.6. The molecule has 0 saturated carbocycles. The van der Waals surface area contributed by atoms with E-state index < -0.39 is 0 Å². The molecule has 0 unspecified atom stereocenters. The maximum atomic E-state index is 12.8. The molecule has 4 nitrogen and oxygen atoms in total. The first-order chi connectivity index (χ1) is 10.6. The van der Waals surface area contributed by atoms with Gasteiger partial charge in [0.05, 0.1) is 6.54 Å². The SMILES string of the molecule is CN(C)CCN(Cc1cccs1)C(=O)c1ccc(CN)cc1.Cl. The maximum Gasteiger partial charge on any atom is 0.254 e. The van der Waals surface area contributed by atoms with Crippen LogP contribution in [0.25, 0.3) is 0 Å². The number of thiophene rings is 1. The summed E-state index contributed by atoms with van der Waals surface area (Å²) in [6.45, 7) is 2.71. The van der Waals surface area contributed by atoms with E-state index in [4.69, 9.17) is 5.73 Å². The van der Waals surface area contributed by atoms with Gasteiger partial charge in [-0.3, -0.25) is 4.79 Å². The highest BCUT2D eigenvalue weighted by atomic mass is 35.5. The Balaban J connectivity index is 0.00000264. The van der Waals surface area contributed by atoms with Crippen LogP contribution < -0.4 is 5.73 Å². The Kier molecular flexibility index (Phi) is 8.26. The van der Waals surface area contributed by atoms with Gasteiger partial charge in [-0.1, -0.05) is 18.2 Å². The molecule has 0 bridgehead atoms. The summed E-state index contributed by atoms with van der Waals surface area (Å²) in [7, 11) is 4.04. The Bertz CT molecular complexity index is 584. The van der Waals surface area contributed by atoms with E-state index in [1.54, 1.807) is 11.3 Å². The Hall–Kier alpha value is -1.40. The van der Waals surface area contributed by atoms with Gasteiger partial charge in [0.2, 0.25) is 0 Å². The monoisotopic (exact) mass is 353 g/mol. The number of rotatable bonds is 7. The van der Waals surface area contributed by atoms with E-state index in [9.17, 15) is 4.79 Å². The van der Waals surface area contributed by atoms with E-state index in [1.165, 1.54) is 4.88 Å². The van der Waals surface area contributed by atoms with E-state index >= 15 is 0 Å². The molecule has 1 aromatic heterocycles. The number of carbonyl (C=O) groups excluding carboxylic acids is 1. The van der Waals surface area contributed by atoms with Crippen LogP contribution in [-0.2, 0) is 13.1 Å². The minimum atomic E-state index is 0. The standard InChI is InChI=1S/C17H23N3OS.ClH/c1-19(2)9-10-20(13-16-4-3-11-22-16)17(21)15-7-5-14(12-18)6-8-15;/h3-8,11H,9-10,12-13,18H2,1-2H3;1H. The van der Waals surface area contributed by atoms with E-state index in [2.05, 4.69) is 11.0 Å². The van der Waals surface area contributed by atoms with E-state index in [-0.39, 0.29) is 18.3 Å². The van der Waals surface area contributed by atoms with Gasteiger partial charge < -0.3 is 15.5 Å². The van der Waals surface area contributed by atoms with E-state index in [0.29, 0.717) is 25.2 Å². The van der Waals surface area contributed by atoms with E-state index in [1.807, 2.05) is 54.7 Å². The van der Waals surface area contributed by atoms with Crippen molar-refractivity contribution in [2.75, 3.05) is 27.2 Å². The molecule has 0 aliphatic heterocycles. The topological polar surface area (TPSA) is 49.6 Å². The van der Waals surface area contributed by atoms with E-state index in [0.717, 1.165) is 12.1 Å². The van der Waals surface area contributed by atoms with Crippen molar-refractivity contribution in [3.05, 3.63) is 57.8 Å². The molecular formula is C17H24ClN3OS. The zero-order valence-corrected chi connectivity index (χ0v) is 15.2. The third-order valence-electron chi connectivity index (χ3n) is 3.47. The van der Waals surface area contributed by atoms with Crippen molar-refractivity contribution in [2.24, 2.45) is 5.73 Å². The first-order valence-corrected chi connectivity index (χ1v) is 8.23.